The van der Waals surface area contributed by atoms with E-state index in [4.69, 9.17) is 5.73 Å². The van der Waals surface area contributed by atoms with Gasteiger partial charge in [0.2, 0.25) is 5.96 Å². The minimum atomic E-state index is -0.0293. The Morgan fingerprint density at radius 2 is 1.45 bits per heavy atom. The van der Waals surface area contributed by atoms with Crippen LogP contribution < -0.4 is 11.2 Å². The third-order valence-corrected chi connectivity index (χ3v) is 2.62. The first-order valence-electron chi connectivity index (χ1n) is 6.38. The van der Waals surface area contributed by atoms with E-state index < -0.39 is 0 Å². The molecule has 0 atom stereocenters. The van der Waals surface area contributed by atoms with Gasteiger partial charge in [0.05, 0.1) is 12.4 Å². The first-order chi connectivity index (χ1) is 10.7. The van der Waals surface area contributed by atoms with Gasteiger partial charge in [-0.2, -0.15) is 10.2 Å². The molecule has 0 fully saturated rings. The quantitative estimate of drug-likeness (QED) is 0.387. The van der Waals surface area contributed by atoms with Gasteiger partial charge in [0, 0.05) is 11.1 Å². The van der Waals surface area contributed by atoms with Crippen LogP contribution in [-0.4, -0.2) is 28.6 Å². The van der Waals surface area contributed by atoms with Crippen LogP contribution in [0.5, 0.6) is 11.5 Å². The lowest BCUT2D eigenvalue weighted by Crippen LogP contribution is -2.26. The minimum Gasteiger partial charge on any atom is -0.507 e. The van der Waals surface area contributed by atoms with Crippen molar-refractivity contribution in [1.29, 1.82) is 0 Å². The third kappa shape index (κ3) is 4.34. The number of nitrogens with one attached hydrogen (secondary N) is 1. The molecule has 0 heterocycles. The molecule has 0 radical (unpaired) electrons. The van der Waals surface area contributed by atoms with E-state index in [0.717, 1.165) is 0 Å². The maximum absolute atomic E-state index is 9.54. The van der Waals surface area contributed by atoms with Crippen LogP contribution in [0.2, 0.25) is 0 Å². The molecule has 0 aliphatic rings. The summed E-state index contributed by atoms with van der Waals surface area (Å²) in [5, 5.41) is 30.3. The normalized spacial score (nSPS) is 12.1. The highest BCUT2D eigenvalue weighted by Crippen LogP contribution is 2.13. The van der Waals surface area contributed by atoms with Crippen molar-refractivity contribution >= 4 is 18.4 Å². The Kier molecular flexibility index (Phi) is 5.09. The Hall–Kier alpha value is -3.35. The number of nitrogens with two attached hydrogens (primary N) is 1. The highest BCUT2D eigenvalue weighted by Gasteiger charge is 1.95. The molecule has 2 aromatic carbocycles. The number of hydrazone groups is 1. The van der Waals surface area contributed by atoms with E-state index in [-0.39, 0.29) is 17.5 Å². The van der Waals surface area contributed by atoms with Crippen molar-refractivity contribution in [2.75, 3.05) is 0 Å². The SMILES string of the molecule is NC(=N/N=C\c1ccccc1O)N/N=C/c1ccccc1O. The molecular weight excluding hydrogens is 282 g/mol. The molecule has 0 spiro atoms. The fourth-order valence-corrected chi connectivity index (χ4v) is 1.54. The van der Waals surface area contributed by atoms with Gasteiger partial charge in [-0.1, -0.05) is 24.3 Å². The number of benzene rings is 2. The highest BCUT2D eigenvalue weighted by molar-refractivity contribution is 5.86. The summed E-state index contributed by atoms with van der Waals surface area (Å²) >= 11 is 0. The van der Waals surface area contributed by atoms with Crippen molar-refractivity contribution in [3.8, 4) is 11.5 Å². The molecule has 112 valence electrons. The Morgan fingerprint density at radius 3 is 2.05 bits per heavy atom. The molecule has 5 N–H and O–H groups in total. The van der Waals surface area contributed by atoms with E-state index in [1.807, 2.05) is 0 Å². The van der Waals surface area contributed by atoms with Crippen molar-refractivity contribution in [2.45, 2.75) is 0 Å². The van der Waals surface area contributed by atoms with Crippen LogP contribution in [0.3, 0.4) is 0 Å². The first kappa shape index (κ1) is 15.0. The molecule has 2 aromatic rings. The number of phenolic OH excluding ortho intramolecular Hbond substituents is 2. The van der Waals surface area contributed by atoms with Crippen LogP contribution in [-0.2, 0) is 0 Å². The van der Waals surface area contributed by atoms with Gasteiger partial charge < -0.3 is 15.9 Å². The Labute approximate surface area is 127 Å². The molecule has 0 aliphatic carbocycles. The predicted octanol–water partition coefficient (Wildman–Crippen LogP) is 1.37. The summed E-state index contributed by atoms with van der Waals surface area (Å²) < 4.78 is 0. The molecule has 2 rings (SSSR count). The van der Waals surface area contributed by atoms with Crippen molar-refractivity contribution in [2.24, 2.45) is 21.0 Å². The number of aromatic hydroxyl groups is 2. The minimum absolute atomic E-state index is 0.0293. The zero-order valence-electron chi connectivity index (χ0n) is 11.6. The summed E-state index contributed by atoms with van der Waals surface area (Å²) in [6.45, 7) is 0. The van der Waals surface area contributed by atoms with Crippen molar-refractivity contribution in [3.63, 3.8) is 0 Å². The number of phenols is 2. The van der Waals surface area contributed by atoms with E-state index >= 15 is 0 Å². The molecular formula is C15H15N5O2. The fraction of sp³-hybridized carbons (Fsp3) is 0. The number of hydrogen-bond donors (Lipinski definition) is 4. The smallest absolute Gasteiger partial charge is 0.234 e. The van der Waals surface area contributed by atoms with Gasteiger partial charge in [-0.15, -0.1) is 5.10 Å². The van der Waals surface area contributed by atoms with E-state index in [1.54, 1.807) is 48.5 Å². The largest absolute Gasteiger partial charge is 0.507 e. The molecule has 0 aliphatic heterocycles. The molecule has 0 amide bonds. The van der Waals surface area contributed by atoms with Gasteiger partial charge in [0.1, 0.15) is 11.5 Å². The number of para-hydroxylation sites is 2. The molecule has 0 unspecified atom stereocenters. The van der Waals surface area contributed by atoms with Crippen LogP contribution in [0, 0.1) is 0 Å². The Bertz CT molecular complexity index is 725. The third-order valence-electron chi connectivity index (χ3n) is 2.62. The van der Waals surface area contributed by atoms with E-state index in [2.05, 4.69) is 20.7 Å². The van der Waals surface area contributed by atoms with Crippen LogP contribution in [0.4, 0.5) is 0 Å². The van der Waals surface area contributed by atoms with E-state index in [0.29, 0.717) is 11.1 Å². The van der Waals surface area contributed by atoms with Crippen molar-refractivity contribution in [3.05, 3.63) is 59.7 Å². The van der Waals surface area contributed by atoms with Gasteiger partial charge in [0.25, 0.3) is 0 Å². The summed E-state index contributed by atoms with van der Waals surface area (Å²) in [4.78, 5) is 0. The molecule has 0 saturated carbocycles. The van der Waals surface area contributed by atoms with Gasteiger partial charge in [-0.05, 0) is 24.3 Å². The maximum Gasteiger partial charge on any atom is 0.234 e. The Morgan fingerprint density at radius 1 is 0.909 bits per heavy atom. The number of rotatable bonds is 4. The van der Waals surface area contributed by atoms with Gasteiger partial charge in [-0.3, -0.25) is 0 Å². The lowest BCUT2D eigenvalue weighted by molar-refractivity contribution is 0.474. The van der Waals surface area contributed by atoms with Crippen LogP contribution in [0.15, 0.2) is 63.8 Å². The first-order valence-corrected chi connectivity index (χ1v) is 6.38. The summed E-state index contributed by atoms with van der Waals surface area (Å²) in [5.74, 6) is 0.185. The molecule has 0 aromatic heterocycles. The average Bonchev–Trinajstić information content (AvgIpc) is 2.51. The molecule has 22 heavy (non-hydrogen) atoms. The van der Waals surface area contributed by atoms with Crippen LogP contribution >= 0.6 is 0 Å². The van der Waals surface area contributed by atoms with E-state index in [9.17, 15) is 10.2 Å². The van der Waals surface area contributed by atoms with Gasteiger partial charge >= 0.3 is 0 Å². The van der Waals surface area contributed by atoms with Crippen LogP contribution in [0.1, 0.15) is 11.1 Å². The monoisotopic (exact) mass is 297 g/mol. The Balaban J connectivity index is 1.93. The standard InChI is InChI=1S/C15H15N5O2/c16-15(19-17-9-11-5-1-3-7-13(11)21)20-18-10-12-6-2-4-8-14(12)22/h1-10,21-22H,(H3,16,19,20)/b17-9-,18-10+. The second kappa shape index (κ2) is 7.44. The van der Waals surface area contributed by atoms with Gasteiger partial charge in [-0.25, -0.2) is 5.43 Å². The van der Waals surface area contributed by atoms with E-state index in [1.165, 1.54) is 12.4 Å². The second-order valence-electron chi connectivity index (χ2n) is 4.22. The summed E-state index contributed by atoms with van der Waals surface area (Å²) in [6.07, 6.45) is 2.78. The zero-order chi connectivity index (χ0) is 15.8. The molecule has 7 heteroatoms. The van der Waals surface area contributed by atoms with Crippen LogP contribution in [0.25, 0.3) is 0 Å². The summed E-state index contributed by atoms with van der Waals surface area (Å²) in [6, 6.07) is 13.4. The molecule has 0 saturated heterocycles. The number of nitrogens with zero attached hydrogens (tertiary/aromatic N) is 3. The number of guanidine groups is 1. The summed E-state index contributed by atoms with van der Waals surface area (Å²) in [5.41, 5.74) is 9.10. The molecule has 0 bridgehead atoms. The second-order valence-corrected chi connectivity index (χ2v) is 4.22. The van der Waals surface area contributed by atoms with Gasteiger partial charge in [0.15, 0.2) is 0 Å². The zero-order valence-corrected chi connectivity index (χ0v) is 11.6. The lowest BCUT2D eigenvalue weighted by atomic mass is 10.2. The fourth-order valence-electron chi connectivity index (χ4n) is 1.54. The highest BCUT2D eigenvalue weighted by atomic mass is 16.3. The maximum atomic E-state index is 9.54. The van der Waals surface area contributed by atoms with Crippen molar-refractivity contribution < 1.29 is 10.2 Å². The predicted molar refractivity (Wildman–Crippen MR) is 86.2 cm³/mol. The van der Waals surface area contributed by atoms with Crippen molar-refractivity contribution in [1.82, 2.24) is 5.43 Å². The average molecular weight is 297 g/mol. The lowest BCUT2D eigenvalue weighted by Gasteiger charge is -1.98. The topological polar surface area (TPSA) is 116 Å². The number of hydrogen-bond acceptors (Lipinski definition) is 5. The molecule has 7 nitrogen and oxygen atoms in total. The summed E-state index contributed by atoms with van der Waals surface area (Å²) in [7, 11) is 0.